The van der Waals surface area contributed by atoms with Crippen molar-refractivity contribution in [2.24, 2.45) is 7.05 Å². The molecule has 2 aromatic heterocycles. The summed E-state index contributed by atoms with van der Waals surface area (Å²) in [6, 6.07) is 3.62. The smallest absolute Gasteiger partial charge is 0.227 e. The molecule has 11 heteroatoms. The van der Waals surface area contributed by atoms with Crippen molar-refractivity contribution in [3.8, 4) is 0 Å². The van der Waals surface area contributed by atoms with Crippen LogP contribution in [0.25, 0.3) is 10.9 Å². The van der Waals surface area contributed by atoms with Gasteiger partial charge in [-0.1, -0.05) is 23.2 Å². The summed E-state index contributed by atoms with van der Waals surface area (Å²) in [6.07, 6.45) is 2.09. The van der Waals surface area contributed by atoms with E-state index in [1.165, 1.54) is 4.68 Å². The van der Waals surface area contributed by atoms with Crippen LogP contribution in [0.3, 0.4) is 0 Å². The van der Waals surface area contributed by atoms with Gasteiger partial charge in [-0.2, -0.15) is 5.10 Å². The largest absolute Gasteiger partial charge is 0.389 e. The quantitative estimate of drug-likeness (QED) is 0.571. The summed E-state index contributed by atoms with van der Waals surface area (Å²) in [4.78, 5) is 10.9. The lowest BCUT2D eigenvalue weighted by Crippen LogP contribution is -2.58. The number of aliphatic hydroxyl groups excluding tert-OH is 1. The SMILES string of the molecule is Cn1ncc(Nc2ncc3cc(Cl)c(C4CCN(C5(C)COCC5O)CC4F)cc3n2)c1Cl. The highest BCUT2D eigenvalue weighted by molar-refractivity contribution is 6.32. The summed E-state index contributed by atoms with van der Waals surface area (Å²) >= 11 is 12.8. The van der Waals surface area contributed by atoms with E-state index in [4.69, 9.17) is 27.9 Å². The lowest BCUT2D eigenvalue weighted by molar-refractivity contribution is -0.0237. The van der Waals surface area contributed by atoms with Gasteiger partial charge in [-0.3, -0.25) is 9.58 Å². The number of benzene rings is 1. The van der Waals surface area contributed by atoms with Gasteiger partial charge in [0.05, 0.1) is 42.3 Å². The highest BCUT2D eigenvalue weighted by atomic mass is 35.5. The molecule has 0 aliphatic carbocycles. The van der Waals surface area contributed by atoms with Crippen LogP contribution in [0.5, 0.6) is 0 Å². The Labute approximate surface area is 200 Å². The first kappa shape index (κ1) is 22.7. The number of aromatic nitrogens is 4. The Morgan fingerprint density at radius 3 is 2.79 bits per heavy atom. The minimum absolute atomic E-state index is 0.214. The fraction of sp³-hybridized carbons (Fsp3) is 0.500. The number of alkyl halides is 1. The number of piperidine rings is 1. The van der Waals surface area contributed by atoms with E-state index in [0.29, 0.717) is 46.9 Å². The zero-order valence-electron chi connectivity index (χ0n) is 18.3. The molecular formula is C22H25Cl2FN6O2. The first-order chi connectivity index (χ1) is 15.8. The standard InChI is InChI=1S/C22H25Cl2FN6O2/c1-22(11-33-10-19(22)32)31-4-3-13(16(25)9-31)14-6-17-12(5-15(14)23)7-26-21(28-17)29-18-8-27-30(2)20(18)24/h5-8,13,16,19,32H,3-4,9-11H2,1-2H3,(H,26,28,29). The Kier molecular flexibility index (Phi) is 5.95. The maximum Gasteiger partial charge on any atom is 0.227 e. The minimum Gasteiger partial charge on any atom is -0.389 e. The van der Waals surface area contributed by atoms with Gasteiger partial charge in [0.25, 0.3) is 0 Å². The lowest BCUT2D eigenvalue weighted by atomic mass is 9.84. The number of nitrogens with zero attached hydrogens (tertiary/aromatic N) is 5. The van der Waals surface area contributed by atoms with Crippen LogP contribution in [0.4, 0.5) is 16.0 Å². The maximum absolute atomic E-state index is 15.4. The molecule has 0 bridgehead atoms. The number of hydrogen-bond acceptors (Lipinski definition) is 7. The number of hydrogen-bond donors (Lipinski definition) is 2. The molecule has 4 unspecified atom stereocenters. The monoisotopic (exact) mass is 494 g/mol. The van der Waals surface area contributed by atoms with E-state index in [2.05, 4.69) is 20.4 Å². The Morgan fingerprint density at radius 1 is 1.30 bits per heavy atom. The number of ether oxygens (including phenoxy) is 1. The minimum atomic E-state index is -1.13. The summed E-state index contributed by atoms with van der Waals surface area (Å²) in [5, 5.41) is 19.2. The Morgan fingerprint density at radius 2 is 2.12 bits per heavy atom. The second-order valence-electron chi connectivity index (χ2n) is 8.97. The first-order valence-electron chi connectivity index (χ1n) is 10.8. The van der Waals surface area contributed by atoms with Gasteiger partial charge in [-0.15, -0.1) is 0 Å². The van der Waals surface area contributed by atoms with E-state index in [0.717, 1.165) is 10.9 Å². The van der Waals surface area contributed by atoms with Crippen molar-refractivity contribution in [3.05, 3.63) is 40.3 Å². The van der Waals surface area contributed by atoms with E-state index in [1.54, 1.807) is 25.5 Å². The third-order valence-corrected chi connectivity index (χ3v) is 7.64. The Hall–Kier alpha value is -2.04. The molecule has 3 aromatic rings. The number of nitrogens with one attached hydrogen (secondary N) is 1. The first-order valence-corrected chi connectivity index (χ1v) is 11.6. The number of fused-ring (bicyclic) bond motifs is 1. The third-order valence-electron chi connectivity index (χ3n) is 6.86. The van der Waals surface area contributed by atoms with Crippen molar-refractivity contribution in [2.75, 3.05) is 31.6 Å². The highest BCUT2D eigenvalue weighted by Gasteiger charge is 2.47. The van der Waals surface area contributed by atoms with Crippen LogP contribution in [0.1, 0.15) is 24.8 Å². The van der Waals surface area contributed by atoms with Gasteiger partial charge in [0.15, 0.2) is 0 Å². The van der Waals surface area contributed by atoms with Gasteiger partial charge >= 0.3 is 0 Å². The van der Waals surface area contributed by atoms with Crippen molar-refractivity contribution < 1.29 is 14.2 Å². The van der Waals surface area contributed by atoms with Gasteiger partial charge in [-0.25, -0.2) is 14.4 Å². The van der Waals surface area contributed by atoms with Crippen LogP contribution in [-0.4, -0.2) is 73.9 Å². The molecule has 0 spiro atoms. The number of anilines is 2. The summed E-state index contributed by atoms with van der Waals surface area (Å²) in [5.41, 5.74) is 1.42. The Balaban J connectivity index is 1.39. The Bertz CT molecular complexity index is 1190. The fourth-order valence-electron chi connectivity index (χ4n) is 4.71. The predicted molar refractivity (Wildman–Crippen MR) is 125 cm³/mol. The molecule has 33 heavy (non-hydrogen) atoms. The molecule has 2 saturated heterocycles. The number of halogens is 3. The van der Waals surface area contributed by atoms with Crippen LogP contribution in [0.2, 0.25) is 10.2 Å². The summed E-state index contributed by atoms with van der Waals surface area (Å²) in [6.45, 7) is 3.47. The summed E-state index contributed by atoms with van der Waals surface area (Å²) in [7, 11) is 1.74. The molecule has 2 N–H and O–H groups in total. The molecule has 8 nitrogen and oxygen atoms in total. The molecule has 2 fully saturated rings. The topological polar surface area (TPSA) is 88.3 Å². The molecule has 2 aliphatic rings. The van der Waals surface area contributed by atoms with Crippen LogP contribution in [0, 0.1) is 0 Å². The van der Waals surface area contributed by atoms with E-state index in [-0.39, 0.29) is 19.1 Å². The maximum atomic E-state index is 15.4. The number of aryl methyl sites for hydroxylation is 1. The highest BCUT2D eigenvalue weighted by Crippen LogP contribution is 2.39. The molecule has 0 saturated carbocycles. The van der Waals surface area contributed by atoms with Crippen LogP contribution < -0.4 is 5.32 Å². The average molecular weight is 495 g/mol. The lowest BCUT2D eigenvalue weighted by Gasteiger charge is -2.45. The normalized spacial score (nSPS) is 28.5. The molecule has 0 amide bonds. The second-order valence-corrected chi connectivity index (χ2v) is 9.73. The molecule has 2 aliphatic heterocycles. The zero-order valence-corrected chi connectivity index (χ0v) is 19.8. The van der Waals surface area contributed by atoms with E-state index >= 15 is 4.39 Å². The molecule has 0 radical (unpaired) electrons. The molecule has 4 heterocycles. The van der Waals surface area contributed by atoms with Crippen molar-refractivity contribution in [3.63, 3.8) is 0 Å². The van der Waals surface area contributed by atoms with Crippen molar-refractivity contribution >= 4 is 45.7 Å². The van der Waals surface area contributed by atoms with Crippen LogP contribution >= 0.6 is 23.2 Å². The predicted octanol–water partition coefficient (Wildman–Crippen LogP) is 3.69. The number of likely N-dealkylation sites (tertiary alicyclic amines) is 1. The van der Waals surface area contributed by atoms with Crippen LogP contribution in [0.15, 0.2) is 24.5 Å². The van der Waals surface area contributed by atoms with Gasteiger partial charge in [-0.05, 0) is 37.6 Å². The van der Waals surface area contributed by atoms with E-state index in [1.807, 2.05) is 17.9 Å². The van der Waals surface area contributed by atoms with Crippen molar-refractivity contribution in [2.45, 2.75) is 37.1 Å². The van der Waals surface area contributed by atoms with E-state index < -0.39 is 17.8 Å². The summed E-state index contributed by atoms with van der Waals surface area (Å²) < 4.78 is 22.4. The molecule has 1 aromatic carbocycles. The summed E-state index contributed by atoms with van der Waals surface area (Å²) in [5.74, 6) is 0.000734. The van der Waals surface area contributed by atoms with Gasteiger partial charge < -0.3 is 15.2 Å². The molecular weight excluding hydrogens is 470 g/mol. The second kappa shape index (κ2) is 8.63. The van der Waals surface area contributed by atoms with Gasteiger partial charge in [0.1, 0.15) is 11.3 Å². The molecule has 176 valence electrons. The average Bonchev–Trinajstić information content (AvgIpc) is 3.30. The molecule has 5 rings (SSSR count). The fourth-order valence-corrected chi connectivity index (χ4v) is 5.16. The van der Waals surface area contributed by atoms with Gasteiger partial charge in [0.2, 0.25) is 5.95 Å². The van der Waals surface area contributed by atoms with Crippen molar-refractivity contribution in [1.29, 1.82) is 0 Å². The van der Waals surface area contributed by atoms with Crippen LogP contribution in [-0.2, 0) is 11.8 Å². The number of rotatable bonds is 4. The zero-order chi connectivity index (χ0) is 23.3. The third kappa shape index (κ3) is 4.06. The van der Waals surface area contributed by atoms with Gasteiger partial charge in [0, 0.05) is 36.1 Å². The van der Waals surface area contributed by atoms with Crippen molar-refractivity contribution in [1.82, 2.24) is 24.6 Å². The molecule has 4 atom stereocenters. The van der Waals surface area contributed by atoms with E-state index in [9.17, 15) is 5.11 Å². The number of aliphatic hydroxyl groups is 1.